The minimum atomic E-state index is 0.808. The lowest BCUT2D eigenvalue weighted by molar-refractivity contribution is 1.07. The first-order valence-corrected chi connectivity index (χ1v) is 6.61. The van der Waals surface area contributed by atoms with Crippen molar-refractivity contribution in [2.24, 2.45) is 0 Å². The van der Waals surface area contributed by atoms with Crippen LogP contribution in [-0.4, -0.2) is 4.98 Å². The van der Waals surface area contributed by atoms with Crippen molar-refractivity contribution in [2.45, 2.75) is 34.2 Å². The fraction of sp³-hybridized carbons (Fsp3) is 0.357. The highest BCUT2D eigenvalue weighted by molar-refractivity contribution is 7.11. The van der Waals surface area contributed by atoms with Gasteiger partial charge in [0.25, 0.3) is 0 Å². The average Bonchev–Trinajstić information content (AvgIpc) is 2.54. The Labute approximate surface area is 107 Å². The molecule has 0 unspecified atom stereocenters. The number of nitrogens with one attached hydrogen (secondary N) is 1. The average molecular weight is 246 g/mol. The molecule has 90 valence electrons. The van der Waals surface area contributed by atoms with Crippen LogP contribution in [0.4, 0.5) is 5.69 Å². The molecule has 1 aromatic carbocycles. The molecule has 0 radical (unpaired) electrons. The molecular formula is C14H18N2S. The number of rotatable bonds is 3. The molecule has 0 aliphatic rings. The van der Waals surface area contributed by atoms with Gasteiger partial charge in [0.15, 0.2) is 0 Å². The van der Waals surface area contributed by atoms with E-state index in [2.05, 4.69) is 56.2 Å². The highest BCUT2D eigenvalue weighted by Crippen LogP contribution is 2.19. The molecule has 0 saturated heterocycles. The summed E-state index contributed by atoms with van der Waals surface area (Å²) in [6, 6.07) is 6.52. The predicted molar refractivity (Wildman–Crippen MR) is 74.8 cm³/mol. The smallest absolute Gasteiger partial charge is 0.112 e. The first-order chi connectivity index (χ1) is 8.04. The maximum absolute atomic E-state index is 4.53. The van der Waals surface area contributed by atoms with E-state index in [1.165, 1.54) is 21.7 Å². The van der Waals surface area contributed by atoms with Gasteiger partial charge in [-0.15, -0.1) is 11.3 Å². The number of thiazole rings is 1. The third kappa shape index (κ3) is 3.07. The second-order valence-corrected chi connectivity index (χ2v) is 5.77. The Morgan fingerprint density at radius 2 is 1.71 bits per heavy atom. The lowest BCUT2D eigenvalue weighted by Crippen LogP contribution is -1.99. The summed E-state index contributed by atoms with van der Waals surface area (Å²) < 4.78 is 0. The zero-order valence-corrected chi connectivity index (χ0v) is 11.6. The molecule has 2 nitrogen and oxygen atoms in total. The van der Waals surface area contributed by atoms with E-state index in [1.807, 2.05) is 0 Å². The molecule has 0 amide bonds. The normalized spacial score (nSPS) is 10.6. The second kappa shape index (κ2) is 4.88. The van der Waals surface area contributed by atoms with Crippen LogP contribution in [0.1, 0.15) is 26.7 Å². The fourth-order valence-electron chi connectivity index (χ4n) is 1.87. The summed E-state index contributed by atoms with van der Waals surface area (Å²) in [5.74, 6) is 0. The first-order valence-electron chi connectivity index (χ1n) is 5.79. The molecule has 1 heterocycles. The maximum atomic E-state index is 4.53. The maximum Gasteiger partial charge on any atom is 0.112 e. The van der Waals surface area contributed by atoms with E-state index in [0.29, 0.717) is 0 Å². The van der Waals surface area contributed by atoms with Gasteiger partial charge in [-0.1, -0.05) is 6.07 Å². The van der Waals surface area contributed by atoms with E-state index in [4.69, 9.17) is 0 Å². The molecule has 17 heavy (non-hydrogen) atoms. The van der Waals surface area contributed by atoms with Crippen molar-refractivity contribution >= 4 is 17.0 Å². The Hall–Kier alpha value is -1.35. The first kappa shape index (κ1) is 12.1. The molecule has 0 aliphatic heterocycles. The molecule has 1 N–H and O–H groups in total. The van der Waals surface area contributed by atoms with Crippen molar-refractivity contribution in [3.63, 3.8) is 0 Å². The number of nitrogens with zero attached hydrogens (tertiary/aromatic N) is 1. The van der Waals surface area contributed by atoms with Crippen LogP contribution in [0, 0.1) is 27.7 Å². The molecule has 2 rings (SSSR count). The van der Waals surface area contributed by atoms with Crippen molar-refractivity contribution in [3.8, 4) is 0 Å². The lowest BCUT2D eigenvalue weighted by atomic mass is 10.1. The Morgan fingerprint density at radius 3 is 2.24 bits per heavy atom. The van der Waals surface area contributed by atoms with E-state index < -0.39 is 0 Å². The number of aryl methyl sites for hydroxylation is 4. The van der Waals surface area contributed by atoms with Crippen molar-refractivity contribution in [3.05, 3.63) is 44.9 Å². The SMILES string of the molecule is Cc1cc(C)cc(NCc2nc(C)c(C)s2)c1. The van der Waals surface area contributed by atoms with Gasteiger partial charge in [0.05, 0.1) is 12.2 Å². The summed E-state index contributed by atoms with van der Waals surface area (Å²) in [4.78, 5) is 5.83. The molecule has 0 atom stereocenters. The Kier molecular flexibility index (Phi) is 3.48. The monoisotopic (exact) mass is 246 g/mol. The molecule has 0 bridgehead atoms. The number of anilines is 1. The van der Waals surface area contributed by atoms with Crippen LogP contribution in [0.15, 0.2) is 18.2 Å². The Balaban J connectivity index is 2.07. The summed E-state index contributed by atoms with van der Waals surface area (Å²) in [5.41, 5.74) is 4.90. The third-order valence-corrected chi connectivity index (χ3v) is 3.81. The topological polar surface area (TPSA) is 24.9 Å². The van der Waals surface area contributed by atoms with Gasteiger partial charge in [-0.3, -0.25) is 0 Å². The van der Waals surface area contributed by atoms with Crippen LogP contribution < -0.4 is 5.32 Å². The molecule has 0 spiro atoms. The molecule has 2 aromatic rings. The van der Waals surface area contributed by atoms with Crippen LogP contribution in [0.25, 0.3) is 0 Å². The lowest BCUT2D eigenvalue weighted by Gasteiger charge is -2.06. The van der Waals surface area contributed by atoms with Crippen molar-refractivity contribution < 1.29 is 0 Å². The Bertz CT molecular complexity index is 489. The van der Waals surface area contributed by atoms with E-state index in [1.54, 1.807) is 11.3 Å². The molecule has 0 aliphatic carbocycles. The van der Waals surface area contributed by atoms with Crippen LogP contribution in [0.2, 0.25) is 0 Å². The number of benzene rings is 1. The van der Waals surface area contributed by atoms with Crippen molar-refractivity contribution in [1.29, 1.82) is 0 Å². The summed E-state index contributed by atoms with van der Waals surface area (Å²) in [5, 5.41) is 4.58. The third-order valence-electron chi connectivity index (χ3n) is 2.74. The largest absolute Gasteiger partial charge is 0.379 e. The Morgan fingerprint density at radius 1 is 1.06 bits per heavy atom. The van der Waals surface area contributed by atoms with Crippen LogP contribution in [-0.2, 0) is 6.54 Å². The molecule has 0 saturated carbocycles. The second-order valence-electron chi connectivity index (χ2n) is 4.48. The number of aromatic nitrogens is 1. The predicted octanol–water partition coefficient (Wildman–Crippen LogP) is 3.99. The minimum absolute atomic E-state index is 0.808. The van der Waals surface area contributed by atoms with E-state index in [-0.39, 0.29) is 0 Å². The van der Waals surface area contributed by atoms with Gasteiger partial charge >= 0.3 is 0 Å². The highest BCUT2D eigenvalue weighted by Gasteiger charge is 2.03. The highest BCUT2D eigenvalue weighted by atomic mass is 32.1. The number of hydrogen-bond acceptors (Lipinski definition) is 3. The van der Waals surface area contributed by atoms with Gasteiger partial charge in [0, 0.05) is 10.6 Å². The van der Waals surface area contributed by atoms with E-state index in [9.17, 15) is 0 Å². The zero-order valence-electron chi connectivity index (χ0n) is 10.8. The van der Waals surface area contributed by atoms with Crippen molar-refractivity contribution in [2.75, 3.05) is 5.32 Å². The quantitative estimate of drug-likeness (QED) is 0.885. The minimum Gasteiger partial charge on any atom is -0.379 e. The van der Waals surface area contributed by atoms with E-state index >= 15 is 0 Å². The summed E-state index contributed by atoms with van der Waals surface area (Å²) in [6.45, 7) is 9.23. The van der Waals surface area contributed by atoms with Crippen molar-refractivity contribution in [1.82, 2.24) is 4.98 Å². The van der Waals surface area contributed by atoms with Gasteiger partial charge < -0.3 is 5.32 Å². The molecule has 0 fully saturated rings. The fourth-order valence-corrected chi connectivity index (χ4v) is 2.74. The number of hydrogen-bond donors (Lipinski definition) is 1. The van der Waals surface area contributed by atoms with Gasteiger partial charge in [-0.25, -0.2) is 4.98 Å². The standard InChI is InChI=1S/C14H18N2S/c1-9-5-10(2)7-13(6-9)15-8-14-16-11(3)12(4)17-14/h5-7,15H,8H2,1-4H3. The summed E-state index contributed by atoms with van der Waals surface area (Å²) in [6.07, 6.45) is 0. The van der Waals surface area contributed by atoms with Crippen LogP contribution in [0.5, 0.6) is 0 Å². The van der Waals surface area contributed by atoms with Gasteiger partial charge in [0.2, 0.25) is 0 Å². The molecule has 3 heteroatoms. The zero-order chi connectivity index (χ0) is 12.4. The summed E-state index contributed by atoms with van der Waals surface area (Å²) in [7, 11) is 0. The molecule has 1 aromatic heterocycles. The van der Waals surface area contributed by atoms with Crippen LogP contribution in [0.3, 0.4) is 0 Å². The van der Waals surface area contributed by atoms with Gasteiger partial charge in [0.1, 0.15) is 5.01 Å². The summed E-state index contributed by atoms with van der Waals surface area (Å²) >= 11 is 1.77. The van der Waals surface area contributed by atoms with E-state index in [0.717, 1.165) is 17.2 Å². The van der Waals surface area contributed by atoms with Crippen LogP contribution >= 0.6 is 11.3 Å². The molecular weight excluding hydrogens is 228 g/mol. The van der Waals surface area contributed by atoms with Gasteiger partial charge in [-0.2, -0.15) is 0 Å². The van der Waals surface area contributed by atoms with Gasteiger partial charge in [-0.05, 0) is 51.0 Å².